The van der Waals surface area contributed by atoms with Gasteiger partial charge in [0.25, 0.3) is 5.24 Å². The Kier molecular flexibility index (Phi) is 5.55. The van der Waals surface area contributed by atoms with Crippen LogP contribution in [0.4, 0.5) is 0 Å². The molecule has 0 bridgehead atoms. The topological polar surface area (TPSA) is 47.9 Å². The molecule has 114 valence electrons. The Morgan fingerprint density at radius 2 is 1.95 bits per heavy atom. The van der Waals surface area contributed by atoms with Crippen molar-refractivity contribution < 1.29 is 14.4 Å². The summed E-state index contributed by atoms with van der Waals surface area (Å²) < 4.78 is 5.79. The van der Waals surface area contributed by atoms with Crippen LogP contribution in [0.3, 0.4) is 0 Å². The monoisotopic (exact) mass is 317 g/mol. The number of nitrogens with zero attached hydrogens (tertiary/aromatic N) is 1. The van der Waals surface area contributed by atoms with Crippen molar-refractivity contribution in [3.63, 3.8) is 0 Å². The van der Waals surface area contributed by atoms with Gasteiger partial charge in [-0.25, -0.2) is 0 Å². The van der Waals surface area contributed by atoms with Crippen molar-refractivity contribution in [2.24, 2.45) is 5.16 Å². The summed E-state index contributed by atoms with van der Waals surface area (Å²) in [5.74, 6) is 0.826. The number of hydrogen-bond donors (Lipinski definition) is 0. The summed E-state index contributed by atoms with van der Waals surface area (Å²) in [5, 5.41) is 2.99. The van der Waals surface area contributed by atoms with Crippen LogP contribution < -0.4 is 4.74 Å². The van der Waals surface area contributed by atoms with Crippen LogP contribution in [0.1, 0.15) is 16.7 Å². The molecule has 0 atom stereocenters. The number of ether oxygens (including phenoxy) is 1. The second-order valence-corrected chi connectivity index (χ2v) is 4.99. The van der Waals surface area contributed by atoms with E-state index in [1.165, 1.54) is 7.11 Å². The zero-order valence-corrected chi connectivity index (χ0v) is 13.1. The lowest BCUT2D eigenvalue weighted by Crippen LogP contribution is -2.10. The van der Waals surface area contributed by atoms with E-state index >= 15 is 0 Å². The maximum atomic E-state index is 11.4. The lowest BCUT2D eigenvalue weighted by molar-refractivity contribution is -0.106. The highest BCUT2D eigenvalue weighted by atomic mass is 35.5. The predicted molar refractivity (Wildman–Crippen MR) is 86.4 cm³/mol. The first-order valence-electron chi connectivity index (χ1n) is 6.70. The van der Waals surface area contributed by atoms with Crippen molar-refractivity contribution in [3.8, 4) is 5.75 Å². The molecule has 0 N–H and O–H groups in total. The van der Waals surface area contributed by atoms with E-state index in [1.54, 1.807) is 12.1 Å². The first kappa shape index (κ1) is 16.0. The Hall–Kier alpha value is -2.33. The van der Waals surface area contributed by atoms with E-state index in [1.807, 2.05) is 43.3 Å². The van der Waals surface area contributed by atoms with E-state index in [-0.39, 0.29) is 5.71 Å². The summed E-state index contributed by atoms with van der Waals surface area (Å²) in [6.45, 7) is 2.37. The Bertz CT molecular complexity index is 698. The summed E-state index contributed by atoms with van der Waals surface area (Å²) in [6, 6.07) is 15.1. The molecule has 2 rings (SSSR count). The molecule has 0 fully saturated rings. The highest BCUT2D eigenvalue weighted by Gasteiger charge is 2.13. The molecule has 0 aromatic heterocycles. The molecule has 0 amide bonds. The van der Waals surface area contributed by atoms with E-state index in [2.05, 4.69) is 9.99 Å². The molecule has 0 aliphatic carbocycles. The highest BCUT2D eigenvalue weighted by molar-refractivity contribution is 6.84. The largest absolute Gasteiger partial charge is 0.489 e. The van der Waals surface area contributed by atoms with Crippen molar-refractivity contribution in [2.45, 2.75) is 13.5 Å². The average Bonchev–Trinajstić information content (AvgIpc) is 2.52. The minimum absolute atomic E-state index is 0.0712. The molecule has 0 aliphatic rings. The van der Waals surface area contributed by atoms with Crippen molar-refractivity contribution in [1.82, 2.24) is 0 Å². The predicted octanol–water partition coefficient (Wildman–Crippen LogP) is 3.69. The SMILES string of the molecule is CO/N=C(/C(=O)Cl)c1cccc(COc2ccccc2C)c1. The van der Waals surface area contributed by atoms with Crippen molar-refractivity contribution in [1.29, 1.82) is 0 Å². The fourth-order valence-corrected chi connectivity index (χ4v) is 2.12. The molecule has 22 heavy (non-hydrogen) atoms. The van der Waals surface area contributed by atoms with Gasteiger partial charge < -0.3 is 9.57 Å². The third-order valence-corrected chi connectivity index (χ3v) is 3.24. The lowest BCUT2D eigenvalue weighted by atomic mass is 10.1. The van der Waals surface area contributed by atoms with Crippen LogP contribution in [0.15, 0.2) is 53.7 Å². The summed E-state index contributed by atoms with van der Waals surface area (Å²) in [7, 11) is 1.37. The number of para-hydroxylation sites is 1. The molecule has 5 heteroatoms. The van der Waals surface area contributed by atoms with Crippen LogP contribution in [-0.2, 0) is 16.2 Å². The van der Waals surface area contributed by atoms with Crippen LogP contribution in [0.25, 0.3) is 0 Å². The van der Waals surface area contributed by atoms with Crippen LogP contribution in [0, 0.1) is 6.92 Å². The minimum Gasteiger partial charge on any atom is -0.489 e. The van der Waals surface area contributed by atoms with Gasteiger partial charge in [0.15, 0.2) is 5.71 Å². The second kappa shape index (κ2) is 7.61. The van der Waals surface area contributed by atoms with Crippen LogP contribution in [-0.4, -0.2) is 18.1 Å². The third kappa shape index (κ3) is 4.09. The number of halogens is 1. The van der Waals surface area contributed by atoms with Gasteiger partial charge in [-0.05, 0) is 41.8 Å². The maximum absolute atomic E-state index is 11.4. The Balaban J connectivity index is 2.17. The van der Waals surface area contributed by atoms with Gasteiger partial charge in [0.1, 0.15) is 19.5 Å². The molecule has 0 unspecified atom stereocenters. The molecule has 0 spiro atoms. The van der Waals surface area contributed by atoms with E-state index in [4.69, 9.17) is 16.3 Å². The highest BCUT2D eigenvalue weighted by Crippen LogP contribution is 2.18. The van der Waals surface area contributed by atoms with Gasteiger partial charge in [-0.1, -0.05) is 41.6 Å². The van der Waals surface area contributed by atoms with Gasteiger partial charge in [-0.15, -0.1) is 0 Å². The van der Waals surface area contributed by atoms with Gasteiger partial charge in [0.2, 0.25) is 0 Å². The molecule has 0 radical (unpaired) electrons. The number of benzene rings is 2. The van der Waals surface area contributed by atoms with E-state index in [0.29, 0.717) is 12.2 Å². The molecule has 0 heterocycles. The molecule has 4 nitrogen and oxygen atoms in total. The lowest BCUT2D eigenvalue weighted by Gasteiger charge is -2.10. The fourth-order valence-electron chi connectivity index (χ4n) is 1.98. The van der Waals surface area contributed by atoms with Crippen LogP contribution >= 0.6 is 11.6 Å². The molecular weight excluding hydrogens is 302 g/mol. The van der Waals surface area contributed by atoms with Gasteiger partial charge in [0.05, 0.1) is 0 Å². The molecule has 0 saturated carbocycles. The van der Waals surface area contributed by atoms with E-state index < -0.39 is 5.24 Å². The first-order chi connectivity index (χ1) is 10.6. The standard InChI is InChI=1S/C17H16ClNO3/c1-12-6-3-4-9-15(12)22-11-13-7-5-8-14(10-13)16(17(18)20)19-21-2/h3-10H,11H2,1-2H3/b19-16+. The first-order valence-corrected chi connectivity index (χ1v) is 7.08. The summed E-state index contributed by atoms with van der Waals surface area (Å²) >= 11 is 5.52. The van der Waals surface area contributed by atoms with Crippen molar-refractivity contribution in [3.05, 3.63) is 65.2 Å². The zero-order valence-electron chi connectivity index (χ0n) is 12.4. The van der Waals surface area contributed by atoms with Gasteiger partial charge in [-0.2, -0.15) is 0 Å². The summed E-state index contributed by atoms with van der Waals surface area (Å²) in [6.07, 6.45) is 0. The molecule has 2 aromatic carbocycles. The van der Waals surface area contributed by atoms with Gasteiger partial charge >= 0.3 is 0 Å². The van der Waals surface area contributed by atoms with Gasteiger partial charge in [0, 0.05) is 5.56 Å². The zero-order chi connectivity index (χ0) is 15.9. The van der Waals surface area contributed by atoms with Crippen LogP contribution in [0.2, 0.25) is 0 Å². The van der Waals surface area contributed by atoms with Crippen molar-refractivity contribution >= 4 is 22.6 Å². The number of carbonyl (C=O) groups is 1. The molecule has 0 aliphatic heterocycles. The van der Waals surface area contributed by atoms with Gasteiger partial charge in [-0.3, -0.25) is 4.79 Å². The fraction of sp³-hybridized carbons (Fsp3) is 0.176. The average molecular weight is 318 g/mol. The van der Waals surface area contributed by atoms with Crippen LogP contribution in [0.5, 0.6) is 5.75 Å². The Morgan fingerprint density at radius 1 is 1.18 bits per heavy atom. The van der Waals surface area contributed by atoms with E-state index in [9.17, 15) is 4.79 Å². The Labute approximate surface area is 134 Å². The second-order valence-electron chi connectivity index (χ2n) is 4.65. The number of carbonyl (C=O) groups excluding carboxylic acids is 1. The third-order valence-electron chi connectivity index (χ3n) is 3.06. The number of hydrogen-bond acceptors (Lipinski definition) is 4. The number of rotatable bonds is 6. The normalized spacial score (nSPS) is 11.1. The maximum Gasteiger partial charge on any atom is 0.274 e. The molecule has 0 saturated heterocycles. The Morgan fingerprint density at radius 3 is 2.64 bits per heavy atom. The van der Waals surface area contributed by atoms with Crippen molar-refractivity contribution in [2.75, 3.05) is 7.11 Å². The van der Waals surface area contributed by atoms with E-state index in [0.717, 1.165) is 16.9 Å². The quantitative estimate of drug-likeness (QED) is 0.464. The smallest absolute Gasteiger partial charge is 0.274 e. The number of aryl methyl sites for hydroxylation is 1. The molecule has 2 aromatic rings. The molecular formula is C17H16ClNO3. The minimum atomic E-state index is -0.668. The summed E-state index contributed by atoms with van der Waals surface area (Å²) in [5.41, 5.74) is 2.63. The summed E-state index contributed by atoms with van der Waals surface area (Å²) in [4.78, 5) is 16.0. The number of oxime groups is 1.